The van der Waals surface area contributed by atoms with Gasteiger partial charge in [-0.1, -0.05) is 22.8 Å². The predicted molar refractivity (Wildman–Crippen MR) is 69.5 cm³/mol. The Morgan fingerprint density at radius 1 is 1.43 bits per heavy atom. The standard InChI is InChI=1S/C11H13IOS/c1-11(2)5-6-13-10-4-3-8(14-12)7-9(10)11/h3-4,7H,5-6H2,1-2H3. The van der Waals surface area contributed by atoms with Crippen LogP contribution >= 0.6 is 30.1 Å². The molecule has 0 saturated carbocycles. The van der Waals surface area contributed by atoms with E-state index < -0.39 is 0 Å². The van der Waals surface area contributed by atoms with Crippen LogP contribution in [0.15, 0.2) is 23.1 Å². The number of fused-ring (bicyclic) bond motifs is 1. The van der Waals surface area contributed by atoms with Crippen LogP contribution in [0.3, 0.4) is 0 Å². The van der Waals surface area contributed by atoms with E-state index in [1.54, 1.807) is 8.93 Å². The monoisotopic (exact) mass is 320 g/mol. The molecule has 2 rings (SSSR count). The van der Waals surface area contributed by atoms with Crippen molar-refractivity contribution in [1.82, 2.24) is 0 Å². The summed E-state index contributed by atoms with van der Waals surface area (Å²) in [5.41, 5.74) is 1.61. The number of hydrogen-bond acceptors (Lipinski definition) is 2. The maximum Gasteiger partial charge on any atom is 0.123 e. The lowest BCUT2D eigenvalue weighted by Gasteiger charge is -2.32. The Bertz CT molecular complexity index is 349. The third-order valence-electron chi connectivity index (χ3n) is 2.75. The van der Waals surface area contributed by atoms with E-state index in [0.717, 1.165) is 18.8 Å². The van der Waals surface area contributed by atoms with Gasteiger partial charge in [0.05, 0.1) is 6.61 Å². The van der Waals surface area contributed by atoms with Gasteiger partial charge in [0.2, 0.25) is 0 Å². The molecule has 0 atom stereocenters. The van der Waals surface area contributed by atoms with Crippen molar-refractivity contribution in [3.63, 3.8) is 0 Å². The Hall–Kier alpha value is 0.1000. The number of benzene rings is 1. The second kappa shape index (κ2) is 3.93. The molecule has 1 aliphatic heterocycles. The molecule has 0 aliphatic carbocycles. The van der Waals surface area contributed by atoms with Crippen LogP contribution in [-0.2, 0) is 5.41 Å². The van der Waals surface area contributed by atoms with Gasteiger partial charge in [-0.2, -0.15) is 0 Å². The highest BCUT2D eigenvalue weighted by molar-refractivity contribution is 14.2. The summed E-state index contributed by atoms with van der Waals surface area (Å²) in [5, 5.41) is 0. The van der Waals surface area contributed by atoms with E-state index in [1.165, 1.54) is 10.5 Å². The van der Waals surface area contributed by atoms with Crippen LogP contribution in [0.25, 0.3) is 0 Å². The Kier molecular flexibility index (Phi) is 2.98. The second-order valence-electron chi connectivity index (χ2n) is 4.22. The molecular formula is C11H13IOS. The highest BCUT2D eigenvalue weighted by Crippen LogP contribution is 2.41. The van der Waals surface area contributed by atoms with Crippen molar-refractivity contribution in [1.29, 1.82) is 0 Å². The highest BCUT2D eigenvalue weighted by atomic mass is 127. The van der Waals surface area contributed by atoms with Crippen molar-refractivity contribution in [2.75, 3.05) is 6.61 Å². The number of rotatable bonds is 1. The van der Waals surface area contributed by atoms with E-state index in [0.29, 0.717) is 0 Å². The van der Waals surface area contributed by atoms with Crippen molar-refractivity contribution in [3.05, 3.63) is 23.8 Å². The van der Waals surface area contributed by atoms with Crippen LogP contribution in [0.2, 0.25) is 0 Å². The maximum absolute atomic E-state index is 5.65. The van der Waals surface area contributed by atoms with Crippen molar-refractivity contribution < 1.29 is 4.74 Å². The summed E-state index contributed by atoms with van der Waals surface area (Å²) in [6.07, 6.45) is 1.11. The molecule has 1 heterocycles. The summed E-state index contributed by atoms with van der Waals surface area (Å²) in [4.78, 5) is 1.31. The maximum atomic E-state index is 5.65. The zero-order chi connectivity index (χ0) is 10.2. The molecule has 0 N–H and O–H groups in total. The Labute approximate surface area is 101 Å². The minimum atomic E-state index is 0.260. The highest BCUT2D eigenvalue weighted by Gasteiger charge is 2.28. The van der Waals surface area contributed by atoms with Crippen LogP contribution in [0.1, 0.15) is 25.8 Å². The summed E-state index contributed by atoms with van der Waals surface area (Å²) in [5.74, 6) is 1.07. The normalized spacial score (nSPS) is 18.5. The zero-order valence-electron chi connectivity index (χ0n) is 8.34. The molecule has 0 unspecified atom stereocenters. The second-order valence-corrected chi connectivity index (χ2v) is 6.16. The Balaban J connectivity index is 2.49. The molecule has 1 aliphatic rings. The number of hydrogen-bond donors (Lipinski definition) is 0. The fraction of sp³-hybridized carbons (Fsp3) is 0.455. The van der Waals surface area contributed by atoms with Gasteiger partial charge in [-0.25, -0.2) is 0 Å². The molecule has 1 aromatic rings. The summed E-state index contributed by atoms with van der Waals surface area (Å²) < 4.78 is 5.65. The molecule has 0 bridgehead atoms. The first kappa shape index (κ1) is 10.6. The largest absolute Gasteiger partial charge is 0.493 e. The van der Waals surface area contributed by atoms with Crippen LogP contribution in [0, 0.1) is 0 Å². The molecule has 0 aromatic heterocycles. The lowest BCUT2D eigenvalue weighted by atomic mass is 9.80. The van der Waals surface area contributed by atoms with E-state index in [9.17, 15) is 0 Å². The predicted octanol–water partition coefficient (Wildman–Crippen LogP) is 4.19. The van der Waals surface area contributed by atoms with Gasteiger partial charge in [0, 0.05) is 31.7 Å². The van der Waals surface area contributed by atoms with E-state index in [-0.39, 0.29) is 5.41 Å². The average molecular weight is 320 g/mol. The average Bonchev–Trinajstić information content (AvgIpc) is 2.17. The fourth-order valence-electron chi connectivity index (χ4n) is 1.76. The third-order valence-corrected chi connectivity index (χ3v) is 4.71. The van der Waals surface area contributed by atoms with Crippen LogP contribution in [0.5, 0.6) is 5.75 Å². The first-order chi connectivity index (χ1) is 6.63. The van der Waals surface area contributed by atoms with Gasteiger partial charge in [-0.3, -0.25) is 0 Å². The van der Waals surface area contributed by atoms with Crippen LogP contribution in [-0.4, -0.2) is 6.61 Å². The van der Waals surface area contributed by atoms with Crippen molar-refractivity contribution in [2.45, 2.75) is 30.6 Å². The first-order valence-electron chi connectivity index (χ1n) is 4.69. The van der Waals surface area contributed by atoms with Gasteiger partial charge in [-0.15, -0.1) is 0 Å². The van der Waals surface area contributed by atoms with Gasteiger partial charge in [0.15, 0.2) is 0 Å². The molecule has 3 heteroatoms. The Morgan fingerprint density at radius 3 is 2.93 bits per heavy atom. The van der Waals surface area contributed by atoms with Crippen molar-refractivity contribution in [3.8, 4) is 5.75 Å². The minimum absolute atomic E-state index is 0.260. The van der Waals surface area contributed by atoms with Gasteiger partial charge in [0.1, 0.15) is 5.75 Å². The van der Waals surface area contributed by atoms with Gasteiger partial charge >= 0.3 is 0 Å². The summed E-state index contributed by atoms with van der Waals surface area (Å²) in [6, 6.07) is 6.47. The van der Waals surface area contributed by atoms with Gasteiger partial charge in [0.25, 0.3) is 0 Å². The van der Waals surface area contributed by atoms with Gasteiger partial charge < -0.3 is 4.74 Å². The fourth-order valence-corrected chi connectivity index (χ4v) is 2.87. The molecule has 0 spiro atoms. The molecule has 1 aromatic carbocycles. The SMILES string of the molecule is CC1(C)CCOc2ccc(SI)cc21. The van der Waals surface area contributed by atoms with E-state index in [4.69, 9.17) is 4.74 Å². The van der Waals surface area contributed by atoms with E-state index >= 15 is 0 Å². The molecule has 0 radical (unpaired) electrons. The van der Waals surface area contributed by atoms with Crippen molar-refractivity contribution in [2.24, 2.45) is 0 Å². The zero-order valence-corrected chi connectivity index (χ0v) is 11.3. The quantitative estimate of drug-likeness (QED) is 0.718. The molecule has 76 valence electrons. The molecular weight excluding hydrogens is 307 g/mol. The summed E-state index contributed by atoms with van der Waals surface area (Å²) in [7, 11) is 1.76. The lowest BCUT2D eigenvalue weighted by molar-refractivity contribution is 0.233. The van der Waals surface area contributed by atoms with Crippen molar-refractivity contribution >= 4 is 30.1 Å². The molecule has 0 amide bonds. The molecule has 0 fully saturated rings. The smallest absolute Gasteiger partial charge is 0.123 e. The summed E-state index contributed by atoms with van der Waals surface area (Å²) in [6.45, 7) is 5.42. The first-order valence-corrected chi connectivity index (χ1v) is 8.05. The topological polar surface area (TPSA) is 9.23 Å². The molecule has 14 heavy (non-hydrogen) atoms. The van der Waals surface area contributed by atoms with Gasteiger partial charge in [-0.05, 0) is 30.0 Å². The van der Waals surface area contributed by atoms with Crippen LogP contribution in [0.4, 0.5) is 0 Å². The number of ether oxygens (including phenoxy) is 1. The Morgan fingerprint density at radius 2 is 2.21 bits per heavy atom. The van der Waals surface area contributed by atoms with E-state index in [2.05, 4.69) is 53.3 Å². The lowest BCUT2D eigenvalue weighted by Crippen LogP contribution is -2.26. The number of halogens is 1. The third kappa shape index (κ3) is 1.89. The minimum Gasteiger partial charge on any atom is -0.493 e. The molecule has 0 saturated heterocycles. The van der Waals surface area contributed by atoms with E-state index in [1.807, 2.05) is 0 Å². The van der Waals surface area contributed by atoms with Crippen LogP contribution < -0.4 is 4.74 Å². The molecule has 1 nitrogen and oxygen atoms in total. The summed E-state index contributed by atoms with van der Waals surface area (Å²) >= 11 is 2.32.